The van der Waals surface area contributed by atoms with Crippen LogP contribution >= 0.6 is 11.6 Å². The van der Waals surface area contributed by atoms with Gasteiger partial charge in [0.25, 0.3) is 0 Å². The van der Waals surface area contributed by atoms with E-state index in [1.54, 1.807) is 37.6 Å². The van der Waals surface area contributed by atoms with Crippen molar-refractivity contribution in [2.45, 2.75) is 6.61 Å². The molecular formula is C24H19ClN2O4. The summed E-state index contributed by atoms with van der Waals surface area (Å²) in [6, 6.07) is 20.3. The Kier molecular flexibility index (Phi) is 6.19. The summed E-state index contributed by atoms with van der Waals surface area (Å²) in [6.07, 6.45) is 2.23. The molecule has 6 nitrogen and oxygen atoms in total. The maximum absolute atomic E-state index is 10.6. The maximum Gasteiger partial charge on any atom is 0.211 e. The highest BCUT2D eigenvalue weighted by atomic mass is 35.5. The van der Waals surface area contributed by atoms with E-state index >= 15 is 0 Å². The third-order valence-electron chi connectivity index (χ3n) is 4.61. The second-order valence-electron chi connectivity index (χ2n) is 6.61. The van der Waals surface area contributed by atoms with E-state index < -0.39 is 0 Å². The summed E-state index contributed by atoms with van der Waals surface area (Å²) in [6.45, 7) is 0.415. The SMILES string of the molecule is COc1cc2c(Oc3ccc(NC=O)c(Cl)c3)ccnc2cc1OCc1ccccc1. The minimum Gasteiger partial charge on any atom is -0.493 e. The average molecular weight is 435 g/mol. The topological polar surface area (TPSA) is 69.7 Å². The number of amides is 1. The molecule has 0 fully saturated rings. The van der Waals surface area contributed by atoms with E-state index in [2.05, 4.69) is 10.3 Å². The molecule has 4 rings (SSSR count). The van der Waals surface area contributed by atoms with Crippen LogP contribution in [0.1, 0.15) is 5.56 Å². The Bertz CT molecular complexity index is 1220. The second-order valence-corrected chi connectivity index (χ2v) is 7.02. The van der Waals surface area contributed by atoms with E-state index in [-0.39, 0.29) is 0 Å². The molecule has 31 heavy (non-hydrogen) atoms. The van der Waals surface area contributed by atoms with Gasteiger partial charge in [-0.1, -0.05) is 41.9 Å². The van der Waals surface area contributed by atoms with Crippen molar-refractivity contribution in [3.8, 4) is 23.0 Å². The number of halogens is 1. The van der Waals surface area contributed by atoms with E-state index in [1.165, 1.54) is 0 Å². The van der Waals surface area contributed by atoms with Crippen LogP contribution in [-0.2, 0) is 11.4 Å². The summed E-state index contributed by atoms with van der Waals surface area (Å²) in [7, 11) is 1.59. The van der Waals surface area contributed by atoms with Gasteiger partial charge < -0.3 is 19.5 Å². The highest BCUT2D eigenvalue weighted by Crippen LogP contribution is 2.38. The third-order valence-corrected chi connectivity index (χ3v) is 4.92. The zero-order chi connectivity index (χ0) is 21.6. The predicted octanol–water partition coefficient (Wildman–Crippen LogP) is 5.84. The van der Waals surface area contributed by atoms with E-state index in [4.69, 9.17) is 25.8 Å². The number of nitrogens with zero attached hydrogens (tertiary/aromatic N) is 1. The molecule has 4 aromatic rings. The van der Waals surface area contributed by atoms with Gasteiger partial charge in [0.15, 0.2) is 11.5 Å². The molecule has 0 bridgehead atoms. The van der Waals surface area contributed by atoms with Crippen molar-refractivity contribution in [2.75, 3.05) is 12.4 Å². The van der Waals surface area contributed by atoms with Crippen molar-refractivity contribution in [2.24, 2.45) is 0 Å². The normalized spacial score (nSPS) is 10.5. The zero-order valence-electron chi connectivity index (χ0n) is 16.7. The van der Waals surface area contributed by atoms with E-state index in [1.807, 2.05) is 42.5 Å². The summed E-state index contributed by atoms with van der Waals surface area (Å²) < 4.78 is 17.5. The summed E-state index contributed by atoms with van der Waals surface area (Å²) >= 11 is 6.20. The van der Waals surface area contributed by atoms with Crippen LogP contribution in [0.15, 0.2) is 72.9 Å². The molecule has 1 aromatic heterocycles. The number of fused-ring (bicyclic) bond motifs is 1. The Morgan fingerprint density at radius 3 is 2.58 bits per heavy atom. The highest BCUT2D eigenvalue weighted by Gasteiger charge is 2.13. The van der Waals surface area contributed by atoms with Crippen molar-refractivity contribution in [3.05, 3.63) is 83.5 Å². The lowest BCUT2D eigenvalue weighted by Gasteiger charge is -2.14. The molecule has 0 radical (unpaired) electrons. The molecule has 0 aliphatic heterocycles. The number of benzene rings is 3. The molecular weight excluding hydrogens is 416 g/mol. The fourth-order valence-corrected chi connectivity index (χ4v) is 3.32. The predicted molar refractivity (Wildman–Crippen MR) is 120 cm³/mol. The number of carbonyl (C=O) groups is 1. The van der Waals surface area contributed by atoms with Crippen molar-refractivity contribution in [3.63, 3.8) is 0 Å². The first-order valence-electron chi connectivity index (χ1n) is 9.49. The minimum absolute atomic E-state index is 0.372. The van der Waals surface area contributed by atoms with Gasteiger partial charge in [-0.25, -0.2) is 0 Å². The smallest absolute Gasteiger partial charge is 0.211 e. The van der Waals surface area contributed by atoms with Gasteiger partial charge in [-0.15, -0.1) is 0 Å². The van der Waals surface area contributed by atoms with Crippen LogP contribution in [0.5, 0.6) is 23.0 Å². The number of pyridine rings is 1. The van der Waals surface area contributed by atoms with Crippen molar-refractivity contribution in [1.82, 2.24) is 4.98 Å². The molecule has 0 unspecified atom stereocenters. The highest BCUT2D eigenvalue weighted by molar-refractivity contribution is 6.33. The molecule has 0 aliphatic carbocycles. The zero-order valence-corrected chi connectivity index (χ0v) is 17.4. The lowest BCUT2D eigenvalue weighted by Crippen LogP contribution is -1.98. The molecule has 0 atom stereocenters. The summed E-state index contributed by atoms with van der Waals surface area (Å²) in [5.41, 5.74) is 2.26. The number of carbonyl (C=O) groups excluding carboxylic acids is 1. The first-order chi connectivity index (χ1) is 15.2. The molecule has 0 saturated carbocycles. The van der Waals surface area contributed by atoms with Crippen LogP contribution in [0, 0.1) is 0 Å². The third kappa shape index (κ3) is 4.70. The minimum atomic E-state index is 0.372. The van der Waals surface area contributed by atoms with Crippen LogP contribution in [-0.4, -0.2) is 18.5 Å². The van der Waals surface area contributed by atoms with E-state index in [0.717, 1.165) is 10.9 Å². The van der Waals surface area contributed by atoms with Gasteiger partial charge in [-0.3, -0.25) is 9.78 Å². The molecule has 1 N–H and O–H groups in total. The fraction of sp³-hybridized carbons (Fsp3) is 0.0833. The second kappa shape index (κ2) is 9.36. The summed E-state index contributed by atoms with van der Waals surface area (Å²) in [5, 5.41) is 3.67. The Morgan fingerprint density at radius 2 is 1.84 bits per heavy atom. The lowest BCUT2D eigenvalue weighted by molar-refractivity contribution is -0.105. The van der Waals surface area contributed by atoms with Crippen LogP contribution in [0.2, 0.25) is 5.02 Å². The van der Waals surface area contributed by atoms with E-state index in [9.17, 15) is 4.79 Å². The molecule has 156 valence electrons. The Balaban J connectivity index is 1.63. The van der Waals surface area contributed by atoms with Crippen LogP contribution in [0.3, 0.4) is 0 Å². The Morgan fingerprint density at radius 1 is 1.00 bits per heavy atom. The number of hydrogen-bond acceptors (Lipinski definition) is 5. The fourth-order valence-electron chi connectivity index (χ4n) is 3.09. The quantitative estimate of drug-likeness (QED) is 0.353. The molecule has 3 aromatic carbocycles. The molecule has 1 heterocycles. The van der Waals surface area contributed by atoms with Gasteiger partial charge in [-0.2, -0.15) is 0 Å². The molecule has 0 aliphatic rings. The van der Waals surface area contributed by atoms with Crippen LogP contribution in [0.4, 0.5) is 5.69 Å². The Hall–Kier alpha value is -3.77. The standard InChI is InChI=1S/C24H19ClN2O4/c1-29-23-12-18-21(13-24(23)30-14-16-5-3-2-4-6-16)26-10-9-22(18)31-17-7-8-20(27-15-28)19(25)11-17/h2-13,15H,14H2,1H3,(H,27,28). The summed E-state index contributed by atoms with van der Waals surface area (Å²) in [5.74, 6) is 2.28. The number of methoxy groups -OCH3 is 1. The van der Waals surface area contributed by atoms with Gasteiger partial charge in [0.1, 0.15) is 18.1 Å². The number of aromatic nitrogens is 1. The number of rotatable bonds is 8. The number of hydrogen-bond donors (Lipinski definition) is 1. The Labute approximate surface area is 184 Å². The molecule has 1 amide bonds. The first kappa shape index (κ1) is 20.5. The molecule has 0 saturated heterocycles. The maximum atomic E-state index is 10.6. The van der Waals surface area contributed by atoms with Crippen molar-refractivity contribution >= 4 is 34.6 Å². The average Bonchev–Trinajstić information content (AvgIpc) is 2.80. The number of anilines is 1. The van der Waals surface area contributed by atoms with Crippen LogP contribution < -0.4 is 19.5 Å². The van der Waals surface area contributed by atoms with Gasteiger partial charge in [0.05, 0.1) is 23.3 Å². The van der Waals surface area contributed by atoms with Gasteiger partial charge >= 0.3 is 0 Å². The van der Waals surface area contributed by atoms with Gasteiger partial charge in [0.2, 0.25) is 6.41 Å². The van der Waals surface area contributed by atoms with Gasteiger partial charge in [-0.05, 0) is 29.8 Å². The summed E-state index contributed by atoms with van der Waals surface area (Å²) in [4.78, 5) is 15.1. The van der Waals surface area contributed by atoms with Crippen LogP contribution in [0.25, 0.3) is 10.9 Å². The van der Waals surface area contributed by atoms with Crippen molar-refractivity contribution < 1.29 is 19.0 Å². The van der Waals surface area contributed by atoms with Crippen molar-refractivity contribution in [1.29, 1.82) is 0 Å². The molecule has 0 spiro atoms. The first-order valence-corrected chi connectivity index (χ1v) is 9.87. The van der Waals surface area contributed by atoms with Gasteiger partial charge in [0, 0.05) is 23.7 Å². The lowest BCUT2D eigenvalue weighted by atomic mass is 10.1. The monoisotopic (exact) mass is 434 g/mol. The molecule has 7 heteroatoms. The van der Waals surface area contributed by atoms with E-state index in [0.29, 0.717) is 52.2 Å². The number of ether oxygens (including phenoxy) is 3. The number of nitrogens with one attached hydrogen (secondary N) is 1. The largest absolute Gasteiger partial charge is 0.493 e.